The standard InChI is InChI=1S/C24H19ClN6O2S/c25-18-8-5-16(6-9-18)23-28-24(30-29-23)34-14-20-27-22(33-31-20)12-11-21(32)26-19-10-7-15-3-1-2-4-17(15)13-19/h1-10,13H,11-12,14H2,(H,26,32)(H,28,29,30). The Bertz CT molecular complexity index is 1430. The Hall–Kier alpha value is -3.69. The number of thioether (sulfide) groups is 1. The highest BCUT2D eigenvalue weighted by Crippen LogP contribution is 2.23. The molecule has 0 saturated heterocycles. The minimum absolute atomic E-state index is 0.111. The van der Waals surface area contributed by atoms with E-state index in [1.165, 1.54) is 11.8 Å². The number of amides is 1. The molecule has 5 aromatic rings. The summed E-state index contributed by atoms with van der Waals surface area (Å²) in [5.41, 5.74) is 1.66. The molecule has 0 fully saturated rings. The zero-order valence-electron chi connectivity index (χ0n) is 17.9. The van der Waals surface area contributed by atoms with Crippen LogP contribution in [-0.4, -0.2) is 31.2 Å². The van der Waals surface area contributed by atoms with Crippen molar-refractivity contribution in [1.82, 2.24) is 25.3 Å². The van der Waals surface area contributed by atoms with Gasteiger partial charge in [0, 0.05) is 29.1 Å². The molecular formula is C24H19ClN6O2S. The highest BCUT2D eigenvalue weighted by atomic mass is 35.5. The molecule has 0 radical (unpaired) electrons. The Morgan fingerprint density at radius 3 is 2.71 bits per heavy atom. The number of halogens is 1. The number of carbonyl (C=O) groups is 1. The number of hydrogen-bond donors (Lipinski definition) is 2. The van der Waals surface area contributed by atoms with Crippen LogP contribution in [0.5, 0.6) is 0 Å². The van der Waals surface area contributed by atoms with E-state index in [1.54, 1.807) is 12.1 Å². The smallest absolute Gasteiger partial charge is 0.227 e. The monoisotopic (exact) mass is 490 g/mol. The predicted octanol–water partition coefficient (Wildman–Crippen LogP) is 5.52. The van der Waals surface area contributed by atoms with Crippen LogP contribution in [0.3, 0.4) is 0 Å². The van der Waals surface area contributed by atoms with Crippen LogP contribution >= 0.6 is 23.4 Å². The average molecular weight is 491 g/mol. The highest BCUT2D eigenvalue weighted by molar-refractivity contribution is 7.98. The first-order valence-corrected chi connectivity index (χ1v) is 11.9. The summed E-state index contributed by atoms with van der Waals surface area (Å²) < 4.78 is 5.28. The average Bonchev–Trinajstić information content (AvgIpc) is 3.51. The second-order valence-electron chi connectivity index (χ2n) is 7.48. The molecule has 34 heavy (non-hydrogen) atoms. The maximum absolute atomic E-state index is 12.3. The number of fused-ring (bicyclic) bond motifs is 1. The SMILES string of the molecule is O=C(CCc1nc(CSc2n[nH]c(-c3ccc(Cl)cc3)n2)no1)Nc1ccc2ccccc2c1. The summed E-state index contributed by atoms with van der Waals surface area (Å²) in [7, 11) is 0. The quantitative estimate of drug-likeness (QED) is 0.275. The molecular weight excluding hydrogens is 472 g/mol. The van der Waals surface area contributed by atoms with Crippen LogP contribution in [0.4, 0.5) is 5.69 Å². The van der Waals surface area contributed by atoms with Gasteiger partial charge < -0.3 is 9.84 Å². The zero-order chi connectivity index (χ0) is 23.3. The van der Waals surface area contributed by atoms with Crippen molar-refractivity contribution in [3.63, 3.8) is 0 Å². The number of carbonyl (C=O) groups excluding carboxylic acids is 1. The van der Waals surface area contributed by atoms with Gasteiger partial charge in [-0.05, 0) is 47.2 Å². The number of aryl methyl sites for hydroxylation is 1. The Morgan fingerprint density at radius 2 is 1.85 bits per heavy atom. The first kappa shape index (κ1) is 22.1. The van der Waals surface area contributed by atoms with Crippen molar-refractivity contribution in [1.29, 1.82) is 0 Å². The number of rotatable bonds is 8. The van der Waals surface area contributed by atoms with Crippen molar-refractivity contribution in [2.45, 2.75) is 23.8 Å². The molecule has 0 bridgehead atoms. The van der Waals surface area contributed by atoms with E-state index in [-0.39, 0.29) is 12.3 Å². The van der Waals surface area contributed by atoms with E-state index in [0.717, 1.165) is 22.0 Å². The molecule has 0 aliphatic rings. The number of hydrogen-bond acceptors (Lipinski definition) is 7. The van der Waals surface area contributed by atoms with Gasteiger partial charge >= 0.3 is 0 Å². The lowest BCUT2D eigenvalue weighted by atomic mass is 10.1. The van der Waals surface area contributed by atoms with Crippen molar-refractivity contribution in [3.05, 3.63) is 83.5 Å². The van der Waals surface area contributed by atoms with Crippen molar-refractivity contribution in [2.24, 2.45) is 0 Å². The minimum atomic E-state index is -0.111. The topological polar surface area (TPSA) is 110 Å². The molecule has 0 unspecified atom stereocenters. The summed E-state index contributed by atoms with van der Waals surface area (Å²) in [5.74, 6) is 1.93. The van der Waals surface area contributed by atoms with Gasteiger partial charge in [0.1, 0.15) is 0 Å². The van der Waals surface area contributed by atoms with Crippen LogP contribution in [-0.2, 0) is 17.0 Å². The third kappa shape index (κ3) is 5.44. The molecule has 2 N–H and O–H groups in total. The summed E-state index contributed by atoms with van der Waals surface area (Å²) in [4.78, 5) is 21.2. The Morgan fingerprint density at radius 1 is 1.03 bits per heavy atom. The second kappa shape index (κ2) is 10.1. The van der Waals surface area contributed by atoms with Crippen LogP contribution in [0.1, 0.15) is 18.1 Å². The lowest BCUT2D eigenvalue weighted by Gasteiger charge is -2.05. The number of aromatic nitrogens is 5. The lowest BCUT2D eigenvalue weighted by molar-refractivity contribution is -0.116. The molecule has 5 rings (SSSR count). The van der Waals surface area contributed by atoms with E-state index in [1.807, 2.05) is 54.6 Å². The summed E-state index contributed by atoms with van der Waals surface area (Å²) in [6.07, 6.45) is 0.603. The van der Waals surface area contributed by atoms with E-state index in [4.69, 9.17) is 16.1 Å². The van der Waals surface area contributed by atoms with E-state index in [2.05, 4.69) is 30.6 Å². The van der Waals surface area contributed by atoms with Gasteiger partial charge in [0.25, 0.3) is 0 Å². The van der Waals surface area contributed by atoms with Crippen molar-refractivity contribution < 1.29 is 9.32 Å². The third-order valence-corrected chi connectivity index (χ3v) is 6.12. The van der Waals surface area contributed by atoms with Crippen molar-refractivity contribution in [3.8, 4) is 11.4 Å². The first-order valence-electron chi connectivity index (χ1n) is 10.5. The van der Waals surface area contributed by atoms with E-state index in [0.29, 0.717) is 39.9 Å². The van der Waals surface area contributed by atoms with E-state index < -0.39 is 0 Å². The normalized spacial score (nSPS) is 11.1. The Labute approximate surface area is 204 Å². The van der Waals surface area contributed by atoms with Crippen molar-refractivity contribution in [2.75, 3.05) is 5.32 Å². The predicted molar refractivity (Wildman–Crippen MR) is 132 cm³/mol. The van der Waals surface area contributed by atoms with Crippen LogP contribution in [0.25, 0.3) is 22.2 Å². The Kier molecular flexibility index (Phi) is 6.55. The molecule has 170 valence electrons. The number of aromatic amines is 1. The fourth-order valence-corrected chi connectivity index (χ4v) is 4.11. The third-order valence-electron chi connectivity index (χ3n) is 5.02. The highest BCUT2D eigenvalue weighted by Gasteiger charge is 2.12. The van der Waals surface area contributed by atoms with Gasteiger partial charge in [0.15, 0.2) is 11.6 Å². The number of H-pyrrole nitrogens is 1. The molecule has 0 aliphatic heterocycles. The second-order valence-corrected chi connectivity index (χ2v) is 8.86. The van der Waals surface area contributed by atoms with Crippen LogP contribution in [0.2, 0.25) is 5.02 Å². The summed E-state index contributed by atoms with van der Waals surface area (Å²) in [5, 5.41) is 17.5. The van der Waals surface area contributed by atoms with Gasteiger partial charge in [-0.3, -0.25) is 9.89 Å². The molecule has 1 amide bonds. The fourth-order valence-electron chi connectivity index (χ4n) is 3.34. The summed E-state index contributed by atoms with van der Waals surface area (Å²) in [6.45, 7) is 0. The number of anilines is 1. The largest absolute Gasteiger partial charge is 0.339 e. The van der Waals surface area contributed by atoms with Gasteiger partial charge in [0.2, 0.25) is 17.0 Å². The molecule has 8 nitrogen and oxygen atoms in total. The zero-order valence-corrected chi connectivity index (χ0v) is 19.4. The molecule has 0 atom stereocenters. The van der Waals surface area contributed by atoms with E-state index >= 15 is 0 Å². The van der Waals surface area contributed by atoms with Crippen molar-refractivity contribution >= 4 is 45.7 Å². The van der Waals surface area contributed by atoms with Gasteiger partial charge in [-0.1, -0.05) is 58.9 Å². The molecule has 0 aliphatic carbocycles. The van der Waals surface area contributed by atoms with Gasteiger partial charge in [-0.2, -0.15) is 4.98 Å². The molecule has 10 heteroatoms. The molecule has 2 aromatic heterocycles. The van der Waals surface area contributed by atoms with Gasteiger partial charge in [-0.15, -0.1) is 5.10 Å². The number of nitrogens with zero attached hydrogens (tertiary/aromatic N) is 4. The summed E-state index contributed by atoms with van der Waals surface area (Å²) in [6, 6.07) is 21.2. The number of nitrogens with one attached hydrogen (secondary N) is 2. The van der Waals surface area contributed by atoms with Crippen LogP contribution < -0.4 is 5.32 Å². The van der Waals surface area contributed by atoms with Crippen LogP contribution in [0, 0.1) is 0 Å². The van der Waals surface area contributed by atoms with Gasteiger partial charge in [-0.25, -0.2) is 4.98 Å². The molecule has 3 aromatic carbocycles. The molecule has 2 heterocycles. The minimum Gasteiger partial charge on any atom is -0.339 e. The molecule has 0 saturated carbocycles. The van der Waals surface area contributed by atoms with Crippen LogP contribution in [0.15, 0.2) is 76.4 Å². The maximum atomic E-state index is 12.3. The first-order chi connectivity index (χ1) is 16.6. The lowest BCUT2D eigenvalue weighted by Crippen LogP contribution is -2.12. The fraction of sp³-hybridized carbons (Fsp3) is 0.125. The summed E-state index contributed by atoms with van der Waals surface area (Å²) >= 11 is 7.31. The van der Waals surface area contributed by atoms with Gasteiger partial charge in [0.05, 0.1) is 5.75 Å². The molecule has 0 spiro atoms. The number of benzene rings is 3. The van der Waals surface area contributed by atoms with E-state index in [9.17, 15) is 4.79 Å². The maximum Gasteiger partial charge on any atom is 0.227 e. The Balaban J connectivity index is 1.11.